The smallest absolute Gasteiger partial charge is 0.272 e. The highest BCUT2D eigenvalue weighted by atomic mass is 19.2. The van der Waals surface area contributed by atoms with E-state index in [4.69, 9.17) is 0 Å². The second-order valence-corrected chi connectivity index (χ2v) is 7.76. The van der Waals surface area contributed by atoms with Gasteiger partial charge in [0.1, 0.15) is 18.5 Å². The number of carbonyl (C=O) groups is 1. The lowest BCUT2D eigenvalue weighted by molar-refractivity contribution is -0.129. The number of amides is 1. The summed E-state index contributed by atoms with van der Waals surface area (Å²) in [6, 6.07) is 0. The second kappa shape index (κ2) is 8.57. The number of nitrogens with zero attached hydrogens (tertiary/aromatic N) is 4. The third kappa shape index (κ3) is 3.68. The van der Waals surface area contributed by atoms with E-state index in [1.807, 2.05) is 36.3 Å². The molecule has 0 fully saturated rings. The van der Waals surface area contributed by atoms with Gasteiger partial charge in [-0.1, -0.05) is 18.7 Å². The molecule has 1 aromatic rings. The molecule has 0 bridgehead atoms. The molecule has 1 amide bonds. The van der Waals surface area contributed by atoms with Gasteiger partial charge < -0.3 is 15.1 Å². The Morgan fingerprint density at radius 2 is 2.16 bits per heavy atom. The SMILES string of the molecule is C=C/C(=C\C(F)=C(\F)CF)c1c2c(nn1C)CN(C(=O)C1=C(C)NC3C=CC=CN13)CC2. The molecule has 6 nitrogen and oxygen atoms in total. The van der Waals surface area contributed by atoms with Gasteiger partial charge in [-0.25, -0.2) is 13.2 Å². The van der Waals surface area contributed by atoms with E-state index in [0.29, 0.717) is 42.2 Å². The number of halogens is 3. The van der Waals surface area contributed by atoms with Gasteiger partial charge in [-0.15, -0.1) is 0 Å². The van der Waals surface area contributed by atoms with Crippen LogP contribution in [0.4, 0.5) is 13.2 Å². The number of alkyl halides is 1. The summed E-state index contributed by atoms with van der Waals surface area (Å²) in [6.07, 6.45) is 10.4. The fraction of sp³-hybridized carbons (Fsp3) is 0.304. The van der Waals surface area contributed by atoms with Crippen molar-refractivity contribution >= 4 is 11.5 Å². The Morgan fingerprint density at radius 1 is 1.38 bits per heavy atom. The minimum atomic E-state index is -1.51. The van der Waals surface area contributed by atoms with Crippen molar-refractivity contribution in [3.63, 3.8) is 0 Å². The summed E-state index contributed by atoms with van der Waals surface area (Å²) in [7, 11) is 1.69. The average molecular weight is 443 g/mol. The third-order valence-electron chi connectivity index (χ3n) is 5.77. The molecule has 0 saturated heterocycles. The van der Waals surface area contributed by atoms with Crippen LogP contribution in [0.15, 0.2) is 66.2 Å². The first-order valence-corrected chi connectivity index (χ1v) is 10.2. The topological polar surface area (TPSA) is 53.4 Å². The lowest BCUT2D eigenvalue weighted by Gasteiger charge is -2.30. The molecular formula is C23H24F3N5O. The first-order chi connectivity index (χ1) is 15.3. The number of hydrogen-bond acceptors (Lipinski definition) is 4. The van der Waals surface area contributed by atoms with E-state index in [2.05, 4.69) is 17.0 Å². The Labute approximate surface area is 184 Å². The zero-order chi connectivity index (χ0) is 23.0. The molecule has 0 aliphatic carbocycles. The Balaban J connectivity index is 1.61. The summed E-state index contributed by atoms with van der Waals surface area (Å²) in [6.45, 7) is 4.78. The normalized spacial score (nSPS) is 20.8. The van der Waals surface area contributed by atoms with Crippen LogP contribution in [-0.4, -0.2) is 44.9 Å². The van der Waals surface area contributed by atoms with Crippen LogP contribution in [0, 0.1) is 0 Å². The van der Waals surface area contributed by atoms with Gasteiger partial charge in [0.05, 0.1) is 17.9 Å². The van der Waals surface area contributed by atoms with Crippen LogP contribution in [-0.2, 0) is 24.8 Å². The van der Waals surface area contributed by atoms with Crippen molar-refractivity contribution < 1.29 is 18.0 Å². The molecule has 32 heavy (non-hydrogen) atoms. The summed E-state index contributed by atoms with van der Waals surface area (Å²) < 4.78 is 41.3. The third-order valence-corrected chi connectivity index (χ3v) is 5.77. The monoisotopic (exact) mass is 443 g/mol. The molecule has 0 radical (unpaired) electrons. The molecule has 0 saturated carbocycles. The molecule has 9 heteroatoms. The largest absolute Gasteiger partial charge is 0.363 e. The van der Waals surface area contributed by atoms with Gasteiger partial charge in [-0.05, 0) is 31.6 Å². The fourth-order valence-electron chi connectivity index (χ4n) is 4.29. The van der Waals surface area contributed by atoms with Gasteiger partial charge in [-0.2, -0.15) is 5.10 Å². The van der Waals surface area contributed by atoms with E-state index in [-0.39, 0.29) is 12.1 Å². The van der Waals surface area contributed by atoms with Crippen LogP contribution in [0.2, 0.25) is 0 Å². The highest BCUT2D eigenvalue weighted by Gasteiger charge is 2.36. The van der Waals surface area contributed by atoms with Gasteiger partial charge in [0.25, 0.3) is 5.91 Å². The van der Waals surface area contributed by atoms with Crippen LogP contribution in [0.5, 0.6) is 0 Å². The van der Waals surface area contributed by atoms with Crippen molar-refractivity contribution in [1.29, 1.82) is 0 Å². The summed E-state index contributed by atoms with van der Waals surface area (Å²) >= 11 is 0. The molecule has 1 unspecified atom stereocenters. The number of nitrogens with one attached hydrogen (secondary N) is 1. The molecular weight excluding hydrogens is 419 g/mol. The Hall–Kier alpha value is -3.49. The fourth-order valence-corrected chi connectivity index (χ4v) is 4.29. The number of rotatable bonds is 5. The van der Waals surface area contributed by atoms with E-state index in [0.717, 1.165) is 17.3 Å². The minimum absolute atomic E-state index is 0.0753. The summed E-state index contributed by atoms with van der Waals surface area (Å²) in [5, 5.41) is 7.81. The van der Waals surface area contributed by atoms with Gasteiger partial charge >= 0.3 is 0 Å². The predicted octanol–water partition coefficient (Wildman–Crippen LogP) is 3.54. The molecule has 1 aromatic heterocycles. The maximum Gasteiger partial charge on any atom is 0.272 e. The Bertz CT molecular complexity index is 1120. The molecule has 0 aromatic carbocycles. The summed E-state index contributed by atoms with van der Waals surface area (Å²) in [5.41, 5.74) is 3.79. The standard InChI is InChI=1S/C23H24F3N5O/c1-4-15(11-17(25)18(26)12-24)22-16-8-10-30(13-19(16)28-29(22)3)23(32)21-14(2)27-20-7-5-6-9-31(20)21/h4-7,9,11,20,27H,1,8,10,12-13H2,2-3H3/b15-11+,18-17-. The maximum atomic E-state index is 13.9. The molecule has 1 atom stereocenters. The molecule has 0 spiro atoms. The predicted molar refractivity (Wildman–Crippen MR) is 115 cm³/mol. The molecule has 3 aliphatic heterocycles. The number of aryl methyl sites for hydroxylation is 1. The zero-order valence-corrected chi connectivity index (χ0v) is 17.9. The highest BCUT2D eigenvalue weighted by molar-refractivity contribution is 5.94. The maximum absolute atomic E-state index is 13.9. The summed E-state index contributed by atoms with van der Waals surface area (Å²) in [5.74, 6) is -2.85. The molecule has 4 heterocycles. The number of aromatic nitrogens is 2. The Kier molecular flexibility index (Phi) is 5.82. The number of allylic oxidation sites excluding steroid dienone is 8. The summed E-state index contributed by atoms with van der Waals surface area (Å²) in [4.78, 5) is 17.0. The van der Waals surface area contributed by atoms with E-state index < -0.39 is 18.3 Å². The number of fused-ring (bicyclic) bond motifs is 2. The molecule has 4 rings (SSSR count). The second-order valence-electron chi connectivity index (χ2n) is 7.76. The molecule has 1 N–H and O–H groups in total. The van der Waals surface area contributed by atoms with Crippen molar-refractivity contribution in [1.82, 2.24) is 24.9 Å². The van der Waals surface area contributed by atoms with Crippen molar-refractivity contribution in [3.05, 3.63) is 83.2 Å². The average Bonchev–Trinajstić information content (AvgIpc) is 3.30. The van der Waals surface area contributed by atoms with Crippen LogP contribution in [0.3, 0.4) is 0 Å². The highest BCUT2D eigenvalue weighted by Crippen LogP contribution is 2.31. The lowest BCUT2D eigenvalue weighted by Crippen LogP contribution is -2.41. The van der Waals surface area contributed by atoms with Gasteiger partial charge in [-0.3, -0.25) is 9.48 Å². The molecule has 168 valence electrons. The van der Waals surface area contributed by atoms with E-state index in [1.165, 1.54) is 6.08 Å². The zero-order valence-electron chi connectivity index (χ0n) is 17.9. The first-order valence-electron chi connectivity index (χ1n) is 10.2. The van der Waals surface area contributed by atoms with Crippen molar-refractivity contribution in [2.75, 3.05) is 13.2 Å². The lowest BCUT2D eigenvalue weighted by atomic mass is 9.99. The van der Waals surface area contributed by atoms with Crippen LogP contribution in [0.25, 0.3) is 5.57 Å². The van der Waals surface area contributed by atoms with E-state index in [9.17, 15) is 18.0 Å². The minimum Gasteiger partial charge on any atom is -0.363 e. The van der Waals surface area contributed by atoms with Crippen molar-refractivity contribution in [2.24, 2.45) is 7.05 Å². The van der Waals surface area contributed by atoms with Gasteiger partial charge in [0.2, 0.25) is 0 Å². The first kappa shape index (κ1) is 21.7. The number of hydrogen-bond donors (Lipinski definition) is 1. The van der Waals surface area contributed by atoms with Gasteiger partial charge in [0.15, 0.2) is 11.7 Å². The Morgan fingerprint density at radius 3 is 2.88 bits per heavy atom. The van der Waals surface area contributed by atoms with Gasteiger partial charge in [0, 0.05) is 36.6 Å². The number of carbonyl (C=O) groups excluding carboxylic acids is 1. The van der Waals surface area contributed by atoms with E-state index in [1.54, 1.807) is 16.6 Å². The van der Waals surface area contributed by atoms with Crippen molar-refractivity contribution in [3.8, 4) is 0 Å². The van der Waals surface area contributed by atoms with Crippen LogP contribution in [0.1, 0.15) is 23.9 Å². The van der Waals surface area contributed by atoms with Crippen molar-refractivity contribution in [2.45, 2.75) is 26.1 Å². The van der Waals surface area contributed by atoms with Crippen LogP contribution >= 0.6 is 0 Å². The quantitative estimate of drug-likeness (QED) is 0.708. The molecule has 3 aliphatic rings. The van der Waals surface area contributed by atoms with Crippen LogP contribution < -0.4 is 5.32 Å². The van der Waals surface area contributed by atoms with E-state index >= 15 is 0 Å².